The van der Waals surface area contributed by atoms with Crippen LogP contribution >= 0.6 is 10.7 Å². The molecule has 0 aromatic carbocycles. The first-order valence-corrected chi connectivity index (χ1v) is 6.27. The molecule has 5 nitrogen and oxygen atoms in total. The third kappa shape index (κ3) is 2.27. The van der Waals surface area contributed by atoms with Gasteiger partial charge in [-0.2, -0.15) is 0 Å². The van der Waals surface area contributed by atoms with Crippen molar-refractivity contribution in [2.75, 3.05) is 14.1 Å². The first-order chi connectivity index (χ1) is 6.50. The Morgan fingerprint density at radius 2 is 2.14 bits per heavy atom. The molecule has 0 bridgehead atoms. The Morgan fingerprint density at radius 3 is 2.57 bits per heavy atom. The Kier molecular flexibility index (Phi) is 3.54. The number of hydrazine groups is 1. The predicted molar refractivity (Wildman–Crippen MR) is 55.7 cm³/mol. The Hall–Kier alpha value is -0.560. The monoisotopic (exact) mass is 237 g/mol. The van der Waals surface area contributed by atoms with Gasteiger partial charge in [0.1, 0.15) is 6.17 Å². The van der Waals surface area contributed by atoms with Gasteiger partial charge in [0.15, 0.2) is 0 Å². The third-order valence-corrected chi connectivity index (χ3v) is 3.32. The normalized spacial score (nSPS) is 22.4. The van der Waals surface area contributed by atoms with E-state index in [1.807, 2.05) is 0 Å². The summed E-state index contributed by atoms with van der Waals surface area (Å²) in [7, 11) is 4.94. The van der Waals surface area contributed by atoms with Gasteiger partial charge in [-0.05, 0) is 19.2 Å². The molecule has 1 aliphatic heterocycles. The lowest BCUT2D eigenvalue weighted by atomic mass is 10.3. The maximum absolute atomic E-state index is 11.2. The molecule has 1 rings (SSSR count). The fourth-order valence-corrected chi connectivity index (χ4v) is 2.39. The first kappa shape index (κ1) is 11.5. The van der Waals surface area contributed by atoms with Gasteiger partial charge < -0.3 is 0 Å². The average Bonchev–Trinajstić information content (AvgIpc) is 2.15. The van der Waals surface area contributed by atoms with Gasteiger partial charge in [0, 0.05) is 23.9 Å². The molecule has 1 unspecified atom stereocenters. The second-order valence-electron chi connectivity index (χ2n) is 2.67. The average molecular weight is 238 g/mol. The standard InChI is InChI=1S/C7H12ClN3O2S/c1-9-7-6(14(8,12)13)4-3-5-11(7)10-2/h3-5,7,9-10H,1-2H3. The van der Waals surface area contributed by atoms with E-state index in [-0.39, 0.29) is 4.91 Å². The number of halogens is 1. The molecule has 0 aromatic heterocycles. The van der Waals surface area contributed by atoms with E-state index in [0.717, 1.165) is 0 Å². The van der Waals surface area contributed by atoms with E-state index < -0.39 is 15.2 Å². The van der Waals surface area contributed by atoms with Crippen molar-refractivity contribution in [1.29, 1.82) is 0 Å². The molecule has 0 aromatic rings. The summed E-state index contributed by atoms with van der Waals surface area (Å²) in [6.07, 6.45) is 4.32. The summed E-state index contributed by atoms with van der Waals surface area (Å²) in [6.45, 7) is 0. The molecule has 0 spiro atoms. The fourth-order valence-electron chi connectivity index (χ4n) is 1.24. The number of hydrogen-bond acceptors (Lipinski definition) is 5. The van der Waals surface area contributed by atoms with Crippen LogP contribution in [0.4, 0.5) is 0 Å². The zero-order chi connectivity index (χ0) is 10.8. The summed E-state index contributed by atoms with van der Waals surface area (Å²) in [5.41, 5.74) is 2.83. The number of rotatable bonds is 3. The van der Waals surface area contributed by atoms with Gasteiger partial charge >= 0.3 is 0 Å². The number of likely N-dealkylation sites (N-methyl/N-ethyl adjacent to an activating group) is 1. The van der Waals surface area contributed by atoms with Crippen molar-refractivity contribution in [1.82, 2.24) is 15.8 Å². The fraction of sp³-hybridized carbons (Fsp3) is 0.429. The van der Waals surface area contributed by atoms with E-state index in [4.69, 9.17) is 10.7 Å². The molecule has 0 amide bonds. The van der Waals surface area contributed by atoms with Crippen molar-refractivity contribution in [3.05, 3.63) is 23.3 Å². The SMILES string of the molecule is CNC1C(S(=O)(=O)Cl)=CC=CN1NC. The summed E-state index contributed by atoms with van der Waals surface area (Å²) >= 11 is 0. The molecule has 0 saturated heterocycles. The van der Waals surface area contributed by atoms with Crippen LogP contribution in [0.2, 0.25) is 0 Å². The number of nitrogens with zero attached hydrogens (tertiary/aromatic N) is 1. The molecule has 0 saturated carbocycles. The van der Waals surface area contributed by atoms with Gasteiger partial charge in [-0.3, -0.25) is 10.3 Å². The lowest BCUT2D eigenvalue weighted by Crippen LogP contribution is -2.50. The lowest BCUT2D eigenvalue weighted by Gasteiger charge is -2.31. The van der Waals surface area contributed by atoms with Crippen LogP contribution in [0.25, 0.3) is 0 Å². The Balaban J connectivity index is 3.06. The largest absolute Gasteiger partial charge is 0.295 e. The second-order valence-corrected chi connectivity index (χ2v) is 5.24. The summed E-state index contributed by atoms with van der Waals surface area (Å²) in [5, 5.41) is 4.45. The molecule has 80 valence electrons. The minimum Gasteiger partial charge on any atom is -0.295 e. The van der Waals surface area contributed by atoms with Crippen LogP contribution in [-0.2, 0) is 9.05 Å². The van der Waals surface area contributed by atoms with Crippen LogP contribution in [0.15, 0.2) is 23.3 Å². The van der Waals surface area contributed by atoms with Crippen LogP contribution in [-0.4, -0.2) is 33.7 Å². The van der Waals surface area contributed by atoms with E-state index in [9.17, 15) is 8.42 Å². The summed E-state index contributed by atoms with van der Waals surface area (Å²) in [4.78, 5) is 0.124. The highest BCUT2D eigenvalue weighted by Crippen LogP contribution is 2.21. The van der Waals surface area contributed by atoms with Crippen molar-refractivity contribution in [3.63, 3.8) is 0 Å². The van der Waals surface area contributed by atoms with Crippen molar-refractivity contribution < 1.29 is 8.42 Å². The van der Waals surface area contributed by atoms with E-state index in [0.29, 0.717) is 0 Å². The Morgan fingerprint density at radius 1 is 1.50 bits per heavy atom. The number of allylic oxidation sites excluding steroid dienone is 2. The number of hydrogen-bond donors (Lipinski definition) is 2. The van der Waals surface area contributed by atoms with Crippen molar-refractivity contribution in [2.45, 2.75) is 6.17 Å². The van der Waals surface area contributed by atoms with Crippen molar-refractivity contribution in [3.8, 4) is 0 Å². The molecule has 0 fully saturated rings. The molecule has 1 atom stereocenters. The number of nitrogens with one attached hydrogen (secondary N) is 2. The maximum Gasteiger partial charge on any atom is 0.260 e. The van der Waals surface area contributed by atoms with Crippen molar-refractivity contribution in [2.24, 2.45) is 0 Å². The van der Waals surface area contributed by atoms with Gasteiger partial charge in [-0.25, -0.2) is 13.8 Å². The van der Waals surface area contributed by atoms with Crippen LogP contribution in [0, 0.1) is 0 Å². The molecule has 1 aliphatic rings. The summed E-state index contributed by atoms with van der Waals surface area (Å²) in [6, 6.07) is 0. The van der Waals surface area contributed by atoms with Crippen LogP contribution < -0.4 is 10.7 Å². The smallest absolute Gasteiger partial charge is 0.260 e. The van der Waals surface area contributed by atoms with Gasteiger partial charge in [0.2, 0.25) is 0 Å². The second kappa shape index (κ2) is 4.31. The third-order valence-electron chi connectivity index (χ3n) is 1.87. The Bertz CT molecular complexity index is 363. The molecule has 2 N–H and O–H groups in total. The van der Waals surface area contributed by atoms with Gasteiger partial charge in [0.05, 0.1) is 4.91 Å². The maximum atomic E-state index is 11.2. The minimum atomic E-state index is -3.69. The van der Waals surface area contributed by atoms with E-state index in [1.54, 1.807) is 31.4 Å². The van der Waals surface area contributed by atoms with Crippen LogP contribution in [0.1, 0.15) is 0 Å². The van der Waals surface area contributed by atoms with Crippen molar-refractivity contribution >= 4 is 19.7 Å². The van der Waals surface area contributed by atoms with Gasteiger partial charge in [-0.15, -0.1) is 0 Å². The Labute approximate surface area is 87.8 Å². The zero-order valence-corrected chi connectivity index (χ0v) is 9.43. The molecular weight excluding hydrogens is 226 g/mol. The summed E-state index contributed by atoms with van der Waals surface area (Å²) in [5.74, 6) is 0. The highest BCUT2D eigenvalue weighted by Gasteiger charge is 2.28. The van der Waals surface area contributed by atoms with E-state index >= 15 is 0 Å². The zero-order valence-electron chi connectivity index (χ0n) is 7.86. The molecule has 7 heteroatoms. The highest BCUT2D eigenvalue weighted by molar-refractivity contribution is 8.16. The molecule has 0 aliphatic carbocycles. The van der Waals surface area contributed by atoms with Crippen LogP contribution in [0.3, 0.4) is 0 Å². The minimum absolute atomic E-state index is 0.124. The van der Waals surface area contributed by atoms with E-state index in [1.165, 1.54) is 6.08 Å². The quantitative estimate of drug-likeness (QED) is 0.674. The van der Waals surface area contributed by atoms with E-state index in [2.05, 4.69) is 10.7 Å². The molecule has 14 heavy (non-hydrogen) atoms. The highest BCUT2D eigenvalue weighted by atomic mass is 35.7. The summed E-state index contributed by atoms with van der Waals surface area (Å²) < 4.78 is 22.4. The van der Waals surface area contributed by atoms with Crippen LogP contribution in [0.5, 0.6) is 0 Å². The van der Waals surface area contributed by atoms with Gasteiger partial charge in [-0.1, -0.05) is 0 Å². The first-order valence-electron chi connectivity index (χ1n) is 3.96. The predicted octanol–water partition coefficient (Wildman–Crippen LogP) is -0.0519. The van der Waals surface area contributed by atoms with Gasteiger partial charge in [0.25, 0.3) is 9.05 Å². The topological polar surface area (TPSA) is 61.4 Å². The molecule has 0 radical (unpaired) electrons. The lowest BCUT2D eigenvalue weighted by molar-refractivity contribution is 0.219. The molecule has 1 heterocycles. The molecular formula is C7H12ClN3O2S.